The highest BCUT2D eigenvalue weighted by atomic mass is 16.3. The fourth-order valence-corrected chi connectivity index (χ4v) is 6.36. The zero-order chi connectivity index (χ0) is 18.7. The fourth-order valence-electron chi connectivity index (χ4n) is 6.36. The largest absolute Gasteiger partial charge is 0.436 e. The van der Waals surface area contributed by atoms with Crippen LogP contribution in [0.25, 0.3) is 22.6 Å². The molecule has 0 spiro atoms. The van der Waals surface area contributed by atoms with Gasteiger partial charge < -0.3 is 9.73 Å². The first kappa shape index (κ1) is 16.3. The Balaban J connectivity index is 1.27. The first-order valence-corrected chi connectivity index (χ1v) is 10.4. The van der Waals surface area contributed by atoms with E-state index in [0.29, 0.717) is 5.89 Å². The summed E-state index contributed by atoms with van der Waals surface area (Å²) in [5.41, 5.74) is 3.16. The molecule has 4 aliphatic rings. The van der Waals surface area contributed by atoms with Crippen molar-refractivity contribution in [2.24, 2.45) is 23.2 Å². The molecule has 7 rings (SSSR count). The average molecular weight is 372 g/mol. The molecular weight excluding hydrogens is 348 g/mol. The van der Waals surface area contributed by atoms with E-state index < -0.39 is 0 Å². The Kier molecular flexibility index (Phi) is 3.47. The van der Waals surface area contributed by atoms with Gasteiger partial charge in [0, 0.05) is 11.3 Å². The van der Waals surface area contributed by atoms with Gasteiger partial charge in [0.1, 0.15) is 5.52 Å². The lowest BCUT2D eigenvalue weighted by Gasteiger charge is -2.55. The summed E-state index contributed by atoms with van der Waals surface area (Å²) in [6, 6.07) is 15.7. The number of rotatable bonds is 3. The standard InChI is InChI=1S/C24H24N2O2/c27-23(24-12-15-8-16(13-24)10-17(9-15)14-24)25-19-6-7-21-20(11-19)26-22(28-21)18-4-2-1-3-5-18/h1-7,11,15-17H,8-10,12-14H2,(H,25,27). The highest BCUT2D eigenvalue weighted by molar-refractivity contribution is 5.97. The quantitative estimate of drug-likeness (QED) is 0.646. The number of nitrogens with one attached hydrogen (secondary N) is 1. The number of hydrogen-bond acceptors (Lipinski definition) is 3. The molecule has 142 valence electrons. The van der Waals surface area contributed by atoms with Crippen molar-refractivity contribution in [1.82, 2.24) is 4.98 Å². The molecule has 0 aliphatic heterocycles. The Morgan fingerprint density at radius 1 is 0.964 bits per heavy atom. The summed E-state index contributed by atoms with van der Waals surface area (Å²) in [7, 11) is 0. The van der Waals surface area contributed by atoms with E-state index in [-0.39, 0.29) is 11.3 Å². The number of nitrogens with zero attached hydrogens (tertiary/aromatic N) is 1. The first-order valence-electron chi connectivity index (χ1n) is 10.4. The van der Waals surface area contributed by atoms with Crippen molar-refractivity contribution >= 4 is 22.7 Å². The summed E-state index contributed by atoms with van der Waals surface area (Å²) >= 11 is 0. The Labute approximate surface area is 164 Å². The number of fused-ring (bicyclic) bond motifs is 1. The van der Waals surface area contributed by atoms with Crippen LogP contribution in [0.2, 0.25) is 0 Å². The zero-order valence-corrected chi connectivity index (χ0v) is 15.9. The SMILES string of the molecule is O=C(Nc1ccc2oc(-c3ccccc3)nc2c1)C12CC3CC(CC(C3)C1)C2. The number of aromatic nitrogens is 1. The molecule has 4 nitrogen and oxygen atoms in total. The Bertz CT molecular complexity index is 1020. The van der Waals surface area contributed by atoms with Crippen molar-refractivity contribution in [3.8, 4) is 11.5 Å². The van der Waals surface area contributed by atoms with Crippen LogP contribution in [0.3, 0.4) is 0 Å². The number of hydrogen-bond donors (Lipinski definition) is 1. The predicted molar refractivity (Wildman–Crippen MR) is 109 cm³/mol. The smallest absolute Gasteiger partial charge is 0.230 e. The molecule has 0 saturated heterocycles. The van der Waals surface area contributed by atoms with E-state index in [2.05, 4.69) is 10.3 Å². The van der Waals surface area contributed by atoms with Crippen LogP contribution in [0.1, 0.15) is 38.5 Å². The van der Waals surface area contributed by atoms with Gasteiger partial charge in [0.05, 0.1) is 5.41 Å². The van der Waals surface area contributed by atoms with Crippen LogP contribution in [-0.4, -0.2) is 10.9 Å². The van der Waals surface area contributed by atoms with Gasteiger partial charge in [-0.05, 0) is 86.6 Å². The van der Waals surface area contributed by atoms with E-state index in [0.717, 1.165) is 59.4 Å². The lowest BCUT2D eigenvalue weighted by Crippen LogP contribution is -2.51. The fraction of sp³-hybridized carbons (Fsp3) is 0.417. The monoisotopic (exact) mass is 372 g/mol. The topological polar surface area (TPSA) is 55.1 Å². The molecule has 4 saturated carbocycles. The van der Waals surface area contributed by atoms with Gasteiger partial charge in [-0.25, -0.2) is 4.98 Å². The van der Waals surface area contributed by atoms with E-state index in [4.69, 9.17) is 4.42 Å². The first-order chi connectivity index (χ1) is 13.7. The molecule has 1 aromatic heterocycles. The molecule has 1 heterocycles. The molecule has 0 atom stereocenters. The molecule has 2 aromatic carbocycles. The van der Waals surface area contributed by atoms with E-state index in [9.17, 15) is 4.79 Å². The maximum Gasteiger partial charge on any atom is 0.230 e. The lowest BCUT2D eigenvalue weighted by atomic mass is 9.49. The number of oxazole rings is 1. The molecule has 4 heteroatoms. The molecule has 0 unspecified atom stereocenters. The number of carbonyl (C=O) groups excluding carboxylic acids is 1. The molecule has 4 fully saturated rings. The molecule has 3 aromatic rings. The highest BCUT2D eigenvalue weighted by Gasteiger charge is 2.54. The van der Waals surface area contributed by atoms with E-state index in [1.807, 2.05) is 48.5 Å². The lowest BCUT2D eigenvalue weighted by molar-refractivity contribution is -0.140. The molecule has 1 amide bonds. The van der Waals surface area contributed by atoms with Crippen LogP contribution >= 0.6 is 0 Å². The normalized spacial score (nSPS) is 30.6. The minimum atomic E-state index is -0.136. The minimum Gasteiger partial charge on any atom is -0.436 e. The van der Waals surface area contributed by atoms with Crippen LogP contribution < -0.4 is 5.32 Å². The second kappa shape index (κ2) is 5.94. The van der Waals surface area contributed by atoms with Crippen molar-refractivity contribution < 1.29 is 9.21 Å². The molecule has 28 heavy (non-hydrogen) atoms. The maximum atomic E-state index is 13.3. The zero-order valence-electron chi connectivity index (χ0n) is 15.9. The van der Waals surface area contributed by atoms with Gasteiger partial charge in [0.2, 0.25) is 11.8 Å². The number of carbonyl (C=O) groups is 1. The van der Waals surface area contributed by atoms with E-state index in [1.165, 1.54) is 19.3 Å². The van der Waals surface area contributed by atoms with Crippen molar-refractivity contribution in [1.29, 1.82) is 0 Å². The van der Waals surface area contributed by atoms with Crippen LogP contribution in [-0.2, 0) is 4.79 Å². The summed E-state index contributed by atoms with van der Waals surface area (Å²) in [4.78, 5) is 17.9. The van der Waals surface area contributed by atoms with Crippen LogP contribution in [0.15, 0.2) is 52.9 Å². The summed E-state index contributed by atoms with van der Waals surface area (Å²) in [5, 5.41) is 3.22. The third-order valence-corrected chi connectivity index (χ3v) is 7.19. The van der Waals surface area contributed by atoms with Gasteiger partial charge in [-0.2, -0.15) is 0 Å². The average Bonchev–Trinajstić information content (AvgIpc) is 3.11. The van der Waals surface area contributed by atoms with Crippen molar-refractivity contribution in [3.05, 3.63) is 48.5 Å². The third-order valence-electron chi connectivity index (χ3n) is 7.19. The van der Waals surface area contributed by atoms with Crippen LogP contribution in [0.4, 0.5) is 5.69 Å². The van der Waals surface area contributed by atoms with Crippen molar-refractivity contribution in [2.45, 2.75) is 38.5 Å². The van der Waals surface area contributed by atoms with E-state index in [1.54, 1.807) is 0 Å². The molecular formula is C24H24N2O2. The maximum absolute atomic E-state index is 13.3. The summed E-state index contributed by atoms with van der Waals surface area (Å²) in [5.74, 6) is 3.13. The van der Waals surface area contributed by atoms with Gasteiger partial charge in [0.25, 0.3) is 0 Å². The van der Waals surface area contributed by atoms with Gasteiger partial charge in [0.15, 0.2) is 5.58 Å². The Morgan fingerprint density at radius 3 is 2.32 bits per heavy atom. The van der Waals surface area contributed by atoms with Gasteiger partial charge in [-0.15, -0.1) is 0 Å². The second-order valence-electron chi connectivity index (χ2n) is 9.22. The van der Waals surface area contributed by atoms with Gasteiger partial charge in [-0.1, -0.05) is 18.2 Å². The molecule has 0 radical (unpaired) electrons. The number of anilines is 1. The number of amides is 1. The predicted octanol–water partition coefficient (Wildman–Crippen LogP) is 5.65. The van der Waals surface area contributed by atoms with Gasteiger partial charge in [-0.3, -0.25) is 4.79 Å². The van der Waals surface area contributed by atoms with Crippen molar-refractivity contribution in [3.63, 3.8) is 0 Å². The number of benzene rings is 2. The second-order valence-corrected chi connectivity index (χ2v) is 9.22. The van der Waals surface area contributed by atoms with Crippen LogP contribution in [0.5, 0.6) is 0 Å². The van der Waals surface area contributed by atoms with Crippen LogP contribution in [0, 0.1) is 23.2 Å². The van der Waals surface area contributed by atoms with E-state index >= 15 is 0 Å². The van der Waals surface area contributed by atoms with Crippen molar-refractivity contribution in [2.75, 3.05) is 5.32 Å². The minimum absolute atomic E-state index is 0.136. The third kappa shape index (κ3) is 2.58. The summed E-state index contributed by atoms with van der Waals surface area (Å²) < 4.78 is 5.89. The summed E-state index contributed by atoms with van der Waals surface area (Å²) in [6.07, 6.45) is 7.28. The van der Waals surface area contributed by atoms with Gasteiger partial charge >= 0.3 is 0 Å². The molecule has 1 N–H and O–H groups in total. The Hall–Kier alpha value is -2.62. The molecule has 4 bridgehead atoms. The Morgan fingerprint density at radius 2 is 1.64 bits per heavy atom. The summed E-state index contributed by atoms with van der Waals surface area (Å²) in [6.45, 7) is 0. The highest BCUT2D eigenvalue weighted by Crippen LogP contribution is 2.60. The molecule has 4 aliphatic carbocycles.